The number of hydrogen-bond acceptors (Lipinski definition) is 6. The summed E-state index contributed by atoms with van der Waals surface area (Å²) in [5, 5.41) is 10.3. The summed E-state index contributed by atoms with van der Waals surface area (Å²) in [6, 6.07) is 0. The van der Waals surface area contributed by atoms with Crippen LogP contribution in [0.1, 0.15) is 31.6 Å². The fourth-order valence-electron chi connectivity index (χ4n) is 1.54. The predicted molar refractivity (Wildman–Crippen MR) is 60.9 cm³/mol. The normalized spacial score (nSPS) is 10.9. The molecular weight excluding hydrogens is 220 g/mol. The monoisotopic (exact) mass is 236 g/mol. The summed E-state index contributed by atoms with van der Waals surface area (Å²) >= 11 is 0. The number of nitrogens with two attached hydrogens (primary N) is 1. The number of nitrogens with zero attached hydrogens (tertiary/aromatic N) is 4. The van der Waals surface area contributed by atoms with E-state index in [1.54, 1.807) is 0 Å². The lowest BCUT2D eigenvalue weighted by Gasteiger charge is -1.95. The van der Waals surface area contributed by atoms with E-state index in [1.165, 1.54) is 6.33 Å². The summed E-state index contributed by atoms with van der Waals surface area (Å²) in [4.78, 5) is 8.19. The van der Waals surface area contributed by atoms with Crippen LogP contribution >= 0.6 is 0 Å². The van der Waals surface area contributed by atoms with Crippen molar-refractivity contribution in [3.63, 3.8) is 0 Å². The van der Waals surface area contributed by atoms with Crippen LogP contribution in [0.3, 0.4) is 0 Å². The fraction of sp³-hybridized carbons (Fsp3) is 0.600. The molecule has 0 atom stereocenters. The Labute approximate surface area is 98.8 Å². The third-order valence-corrected chi connectivity index (χ3v) is 2.44. The van der Waals surface area contributed by atoms with Crippen molar-refractivity contribution in [3.05, 3.63) is 12.2 Å². The third kappa shape index (κ3) is 3.35. The van der Waals surface area contributed by atoms with Gasteiger partial charge in [0.2, 0.25) is 11.7 Å². The van der Waals surface area contributed by atoms with Gasteiger partial charge in [0.1, 0.15) is 6.33 Å². The van der Waals surface area contributed by atoms with E-state index in [2.05, 4.69) is 25.3 Å². The third-order valence-electron chi connectivity index (χ3n) is 2.44. The highest BCUT2D eigenvalue weighted by Crippen LogP contribution is 2.11. The maximum atomic E-state index is 5.42. The van der Waals surface area contributed by atoms with E-state index in [9.17, 15) is 0 Å². The highest BCUT2D eigenvalue weighted by molar-refractivity contribution is 5.39. The molecule has 2 aromatic rings. The number of H-pyrrole nitrogens is 1. The van der Waals surface area contributed by atoms with Crippen LogP contribution in [0.5, 0.6) is 0 Å². The van der Waals surface area contributed by atoms with Gasteiger partial charge in [-0.1, -0.05) is 18.0 Å². The molecule has 7 nitrogen and oxygen atoms in total. The fourth-order valence-corrected chi connectivity index (χ4v) is 1.54. The molecule has 0 fully saturated rings. The van der Waals surface area contributed by atoms with E-state index in [0.717, 1.165) is 38.6 Å². The second-order valence-electron chi connectivity index (χ2n) is 3.80. The molecule has 0 radical (unpaired) electrons. The highest BCUT2D eigenvalue weighted by Gasteiger charge is 2.10. The van der Waals surface area contributed by atoms with Crippen LogP contribution in [0, 0.1) is 0 Å². The molecule has 0 aliphatic carbocycles. The maximum absolute atomic E-state index is 5.42. The minimum Gasteiger partial charge on any atom is -0.339 e. The van der Waals surface area contributed by atoms with Gasteiger partial charge in [0.15, 0.2) is 5.82 Å². The first-order chi connectivity index (χ1) is 8.40. The van der Waals surface area contributed by atoms with Crippen LogP contribution in [0.15, 0.2) is 10.9 Å². The minimum atomic E-state index is 0.458. The zero-order chi connectivity index (χ0) is 11.9. The average Bonchev–Trinajstić information content (AvgIpc) is 2.99. The van der Waals surface area contributed by atoms with E-state index >= 15 is 0 Å². The van der Waals surface area contributed by atoms with E-state index < -0.39 is 0 Å². The van der Waals surface area contributed by atoms with Crippen LogP contribution in [0.2, 0.25) is 0 Å². The summed E-state index contributed by atoms with van der Waals surface area (Å²) in [5.74, 6) is 1.63. The van der Waals surface area contributed by atoms with Gasteiger partial charge in [-0.15, -0.1) is 0 Å². The molecule has 2 rings (SSSR count). The molecule has 2 heterocycles. The first-order valence-corrected chi connectivity index (χ1v) is 5.78. The van der Waals surface area contributed by atoms with Crippen molar-refractivity contribution in [2.45, 2.75) is 32.1 Å². The van der Waals surface area contributed by atoms with Crippen LogP contribution in [-0.2, 0) is 6.42 Å². The standard InChI is InChI=1S/C10H16N6O/c11-6-4-2-1-3-5-8-14-10(16-17-8)9-12-7-13-15-9/h7H,1-6,11H2,(H,12,13,15). The summed E-state index contributed by atoms with van der Waals surface area (Å²) in [6.07, 6.45) is 6.62. The first kappa shape index (κ1) is 11.7. The number of hydrogen-bond donors (Lipinski definition) is 2. The molecule has 0 unspecified atom stereocenters. The Balaban J connectivity index is 1.79. The summed E-state index contributed by atoms with van der Waals surface area (Å²) < 4.78 is 5.12. The largest absolute Gasteiger partial charge is 0.339 e. The van der Waals surface area contributed by atoms with Gasteiger partial charge in [-0.25, -0.2) is 4.98 Å². The van der Waals surface area contributed by atoms with Crippen LogP contribution in [0.25, 0.3) is 11.6 Å². The van der Waals surface area contributed by atoms with Crippen molar-refractivity contribution in [3.8, 4) is 11.6 Å². The number of nitrogens with one attached hydrogen (secondary N) is 1. The van der Waals surface area contributed by atoms with Crippen LogP contribution < -0.4 is 5.73 Å². The van der Waals surface area contributed by atoms with Gasteiger partial charge in [-0.05, 0) is 19.4 Å². The van der Waals surface area contributed by atoms with Crippen molar-refractivity contribution in [2.24, 2.45) is 5.73 Å². The van der Waals surface area contributed by atoms with Gasteiger partial charge < -0.3 is 10.3 Å². The smallest absolute Gasteiger partial charge is 0.239 e. The Morgan fingerprint density at radius 1 is 1.24 bits per heavy atom. The molecule has 0 bridgehead atoms. The van der Waals surface area contributed by atoms with Crippen LogP contribution in [-0.4, -0.2) is 31.9 Å². The van der Waals surface area contributed by atoms with Crippen LogP contribution in [0.4, 0.5) is 0 Å². The van der Waals surface area contributed by atoms with Crippen molar-refractivity contribution in [2.75, 3.05) is 6.54 Å². The average molecular weight is 236 g/mol. The highest BCUT2D eigenvalue weighted by atomic mass is 16.5. The van der Waals surface area contributed by atoms with Gasteiger partial charge in [0.05, 0.1) is 0 Å². The number of rotatable bonds is 7. The SMILES string of the molecule is NCCCCCCc1nc(-c2ncn[nH]2)no1. The Morgan fingerprint density at radius 2 is 2.12 bits per heavy atom. The Morgan fingerprint density at radius 3 is 2.88 bits per heavy atom. The maximum Gasteiger partial charge on any atom is 0.239 e. The van der Waals surface area contributed by atoms with Crippen molar-refractivity contribution < 1.29 is 4.52 Å². The molecule has 17 heavy (non-hydrogen) atoms. The molecule has 0 aliphatic heterocycles. The van der Waals surface area contributed by atoms with Crippen molar-refractivity contribution in [1.82, 2.24) is 25.3 Å². The number of aromatic nitrogens is 5. The molecule has 3 N–H and O–H groups in total. The second kappa shape index (κ2) is 6.09. The van der Waals surface area contributed by atoms with E-state index in [1.807, 2.05) is 0 Å². The van der Waals surface area contributed by atoms with Gasteiger partial charge in [0, 0.05) is 6.42 Å². The zero-order valence-electron chi connectivity index (χ0n) is 9.59. The van der Waals surface area contributed by atoms with E-state index in [0.29, 0.717) is 17.5 Å². The quantitative estimate of drug-likeness (QED) is 0.692. The lowest BCUT2D eigenvalue weighted by atomic mass is 10.1. The number of aromatic amines is 1. The number of aryl methyl sites for hydroxylation is 1. The van der Waals surface area contributed by atoms with Crippen molar-refractivity contribution >= 4 is 0 Å². The molecule has 0 aromatic carbocycles. The molecule has 0 amide bonds. The van der Waals surface area contributed by atoms with E-state index in [-0.39, 0.29) is 0 Å². The molecule has 0 saturated carbocycles. The molecular formula is C10H16N6O. The summed E-state index contributed by atoms with van der Waals surface area (Å²) in [6.45, 7) is 0.760. The summed E-state index contributed by atoms with van der Waals surface area (Å²) in [5.41, 5.74) is 5.42. The zero-order valence-corrected chi connectivity index (χ0v) is 9.59. The molecule has 0 spiro atoms. The van der Waals surface area contributed by atoms with Gasteiger partial charge in [0.25, 0.3) is 0 Å². The summed E-state index contributed by atoms with van der Waals surface area (Å²) in [7, 11) is 0. The lowest BCUT2D eigenvalue weighted by molar-refractivity contribution is 0.373. The second-order valence-corrected chi connectivity index (χ2v) is 3.80. The van der Waals surface area contributed by atoms with Gasteiger partial charge >= 0.3 is 0 Å². The minimum absolute atomic E-state index is 0.458. The molecule has 0 aliphatic rings. The Hall–Kier alpha value is -1.76. The lowest BCUT2D eigenvalue weighted by Crippen LogP contribution is -1.97. The van der Waals surface area contributed by atoms with Gasteiger partial charge in [-0.3, -0.25) is 5.10 Å². The van der Waals surface area contributed by atoms with E-state index in [4.69, 9.17) is 10.3 Å². The predicted octanol–water partition coefficient (Wildman–Crippen LogP) is 0.916. The molecule has 0 saturated heterocycles. The van der Waals surface area contributed by atoms with Crippen molar-refractivity contribution in [1.29, 1.82) is 0 Å². The molecule has 92 valence electrons. The Kier molecular flexibility index (Phi) is 4.20. The molecule has 7 heteroatoms. The number of unbranched alkanes of at least 4 members (excludes halogenated alkanes) is 3. The molecule has 2 aromatic heterocycles. The van der Waals surface area contributed by atoms with Gasteiger partial charge in [-0.2, -0.15) is 10.1 Å². The first-order valence-electron chi connectivity index (χ1n) is 5.78. The topological polar surface area (TPSA) is 107 Å². The Bertz CT molecular complexity index is 424.